The van der Waals surface area contributed by atoms with Crippen molar-refractivity contribution in [2.45, 2.75) is 12.6 Å². The van der Waals surface area contributed by atoms with Gasteiger partial charge in [-0.25, -0.2) is 4.79 Å². The van der Waals surface area contributed by atoms with Gasteiger partial charge in [-0.15, -0.1) is 0 Å². The molecule has 1 atom stereocenters. The molecule has 0 heterocycles. The summed E-state index contributed by atoms with van der Waals surface area (Å²) in [6, 6.07) is 6.03. The zero-order valence-corrected chi connectivity index (χ0v) is 11.2. The molecule has 0 saturated carbocycles. The SMILES string of the molecule is CNC(C(=O)O)C(=O)N(C)Cc1ccc(OC)cc1. The van der Waals surface area contributed by atoms with E-state index >= 15 is 0 Å². The van der Waals surface area contributed by atoms with Gasteiger partial charge in [0.2, 0.25) is 0 Å². The Labute approximate surface area is 112 Å². The van der Waals surface area contributed by atoms with Crippen LogP contribution in [-0.4, -0.2) is 49.1 Å². The molecule has 1 aromatic carbocycles. The van der Waals surface area contributed by atoms with E-state index in [1.807, 2.05) is 12.1 Å². The highest BCUT2D eigenvalue weighted by Gasteiger charge is 2.27. The van der Waals surface area contributed by atoms with Gasteiger partial charge < -0.3 is 14.7 Å². The number of benzene rings is 1. The number of amides is 1. The lowest BCUT2D eigenvalue weighted by Crippen LogP contribution is -2.48. The van der Waals surface area contributed by atoms with Crippen molar-refractivity contribution < 1.29 is 19.4 Å². The predicted octanol–water partition coefficient (Wildman–Crippen LogP) is 0.326. The van der Waals surface area contributed by atoms with Crippen molar-refractivity contribution in [3.8, 4) is 5.75 Å². The summed E-state index contributed by atoms with van der Waals surface area (Å²) < 4.78 is 5.04. The Morgan fingerprint density at radius 3 is 2.37 bits per heavy atom. The molecule has 0 aliphatic rings. The number of nitrogens with one attached hydrogen (secondary N) is 1. The van der Waals surface area contributed by atoms with Crippen molar-refractivity contribution in [3.05, 3.63) is 29.8 Å². The molecule has 19 heavy (non-hydrogen) atoms. The van der Waals surface area contributed by atoms with Crippen LogP contribution >= 0.6 is 0 Å². The normalized spacial score (nSPS) is 11.7. The third-order valence-electron chi connectivity index (χ3n) is 2.74. The van der Waals surface area contributed by atoms with E-state index in [0.717, 1.165) is 11.3 Å². The lowest BCUT2D eigenvalue weighted by Gasteiger charge is -2.21. The van der Waals surface area contributed by atoms with Gasteiger partial charge in [0.1, 0.15) is 5.75 Å². The quantitative estimate of drug-likeness (QED) is 0.725. The highest BCUT2D eigenvalue weighted by atomic mass is 16.5. The number of methoxy groups -OCH3 is 1. The Morgan fingerprint density at radius 2 is 1.95 bits per heavy atom. The van der Waals surface area contributed by atoms with E-state index < -0.39 is 17.9 Å². The van der Waals surface area contributed by atoms with E-state index in [0.29, 0.717) is 6.54 Å². The van der Waals surface area contributed by atoms with Crippen molar-refractivity contribution >= 4 is 11.9 Å². The van der Waals surface area contributed by atoms with Crippen LogP contribution in [0, 0.1) is 0 Å². The van der Waals surface area contributed by atoms with Crippen molar-refractivity contribution in [3.63, 3.8) is 0 Å². The molecule has 0 bridgehead atoms. The first-order valence-corrected chi connectivity index (χ1v) is 5.77. The number of likely N-dealkylation sites (N-methyl/N-ethyl adjacent to an activating group) is 2. The van der Waals surface area contributed by atoms with Gasteiger partial charge in [0.25, 0.3) is 5.91 Å². The molecule has 104 valence electrons. The van der Waals surface area contributed by atoms with Crippen LogP contribution in [0.2, 0.25) is 0 Å². The van der Waals surface area contributed by atoms with Crippen molar-refractivity contribution in [1.82, 2.24) is 10.2 Å². The highest BCUT2D eigenvalue weighted by molar-refractivity contribution is 6.00. The second-order valence-electron chi connectivity index (χ2n) is 4.10. The standard InChI is InChI=1S/C13H18N2O4/c1-14-11(13(17)18)12(16)15(2)8-9-4-6-10(19-3)7-5-9/h4-7,11,14H,8H2,1-3H3,(H,17,18). The molecule has 0 radical (unpaired) electrons. The van der Waals surface area contributed by atoms with Crippen molar-refractivity contribution in [2.75, 3.05) is 21.2 Å². The molecule has 6 heteroatoms. The first kappa shape index (κ1) is 15.0. The summed E-state index contributed by atoms with van der Waals surface area (Å²) in [4.78, 5) is 24.2. The summed E-state index contributed by atoms with van der Waals surface area (Å²) in [5.41, 5.74) is 0.900. The molecule has 6 nitrogen and oxygen atoms in total. The maximum Gasteiger partial charge on any atom is 0.330 e. The molecule has 1 rings (SSSR count). The number of ether oxygens (including phenoxy) is 1. The molecule has 0 aliphatic carbocycles. The molecule has 1 aromatic rings. The van der Waals surface area contributed by atoms with Crippen LogP contribution in [0.5, 0.6) is 5.75 Å². The molecule has 0 aliphatic heterocycles. The highest BCUT2D eigenvalue weighted by Crippen LogP contribution is 2.12. The molecule has 0 saturated heterocycles. The van der Waals surface area contributed by atoms with E-state index in [-0.39, 0.29) is 0 Å². The van der Waals surface area contributed by atoms with E-state index in [9.17, 15) is 9.59 Å². The Bertz CT molecular complexity index is 444. The fraction of sp³-hybridized carbons (Fsp3) is 0.385. The number of hydrogen-bond acceptors (Lipinski definition) is 4. The van der Waals surface area contributed by atoms with E-state index in [2.05, 4.69) is 5.32 Å². The molecular weight excluding hydrogens is 248 g/mol. The van der Waals surface area contributed by atoms with E-state index in [4.69, 9.17) is 9.84 Å². The zero-order valence-electron chi connectivity index (χ0n) is 11.2. The topological polar surface area (TPSA) is 78.9 Å². The van der Waals surface area contributed by atoms with E-state index in [1.54, 1.807) is 26.3 Å². The largest absolute Gasteiger partial charge is 0.497 e. The average molecular weight is 266 g/mol. The zero-order chi connectivity index (χ0) is 14.4. The minimum absolute atomic E-state index is 0.342. The third kappa shape index (κ3) is 3.96. The Morgan fingerprint density at radius 1 is 1.37 bits per heavy atom. The maximum atomic E-state index is 11.9. The average Bonchev–Trinajstić information content (AvgIpc) is 2.39. The second-order valence-corrected chi connectivity index (χ2v) is 4.10. The fourth-order valence-corrected chi connectivity index (χ4v) is 1.66. The number of aliphatic carboxylic acids is 1. The number of carbonyl (C=O) groups is 2. The van der Waals surface area contributed by atoms with Gasteiger partial charge in [0.05, 0.1) is 7.11 Å². The van der Waals surface area contributed by atoms with Crippen molar-refractivity contribution in [1.29, 1.82) is 0 Å². The monoisotopic (exact) mass is 266 g/mol. The number of rotatable bonds is 6. The summed E-state index contributed by atoms with van der Waals surface area (Å²) in [5, 5.41) is 11.4. The van der Waals surface area contributed by atoms with Gasteiger partial charge in [-0.1, -0.05) is 12.1 Å². The molecule has 0 aromatic heterocycles. The van der Waals surface area contributed by atoms with Gasteiger partial charge in [0.15, 0.2) is 6.04 Å². The number of nitrogens with zero attached hydrogens (tertiary/aromatic N) is 1. The van der Waals surface area contributed by atoms with Gasteiger partial charge in [-0.2, -0.15) is 0 Å². The molecule has 1 amide bonds. The molecule has 2 N–H and O–H groups in total. The predicted molar refractivity (Wildman–Crippen MR) is 70.0 cm³/mol. The Hall–Kier alpha value is -2.08. The van der Waals surface area contributed by atoms with Gasteiger partial charge in [0, 0.05) is 13.6 Å². The van der Waals surface area contributed by atoms with Crippen LogP contribution < -0.4 is 10.1 Å². The van der Waals surface area contributed by atoms with Crippen LogP contribution in [0.1, 0.15) is 5.56 Å². The number of hydrogen-bond donors (Lipinski definition) is 2. The molecule has 0 spiro atoms. The smallest absolute Gasteiger partial charge is 0.330 e. The first-order chi connectivity index (χ1) is 8.99. The maximum absolute atomic E-state index is 11.9. The van der Waals surface area contributed by atoms with Crippen LogP contribution in [0.3, 0.4) is 0 Å². The molecule has 1 unspecified atom stereocenters. The van der Waals surface area contributed by atoms with Crippen LogP contribution in [-0.2, 0) is 16.1 Å². The summed E-state index contributed by atoms with van der Waals surface area (Å²) in [6.07, 6.45) is 0. The van der Waals surface area contributed by atoms with Crippen LogP contribution in [0.4, 0.5) is 0 Å². The first-order valence-electron chi connectivity index (χ1n) is 5.77. The Kier molecular flexibility index (Phi) is 5.32. The second kappa shape index (κ2) is 6.75. The Balaban J connectivity index is 2.69. The summed E-state index contributed by atoms with van der Waals surface area (Å²) >= 11 is 0. The van der Waals surface area contributed by atoms with Gasteiger partial charge >= 0.3 is 5.97 Å². The van der Waals surface area contributed by atoms with Crippen LogP contribution in [0.25, 0.3) is 0 Å². The number of carboxylic acids is 1. The summed E-state index contributed by atoms with van der Waals surface area (Å²) in [7, 11) is 4.59. The van der Waals surface area contributed by atoms with Gasteiger partial charge in [-0.3, -0.25) is 10.1 Å². The molecule has 0 fully saturated rings. The summed E-state index contributed by atoms with van der Waals surface area (Å²) in [6.45, 7) is 0.342. The summed E-state index contributed by atoms with van der Waals surface area (Å²) in [5.74, 6) is -0.934. The fourth-order valence-electron chi connectivity index (χ4n) is 1.66. The minimum Gasteiger partial charge on any atom is -0.497 e. The van der Waals surface area contributed by atoms with Crippen molar-refractivity contribution in [2.24, 2.45) is 0 Å². The minimum atomic E-state index is -1.22. The van der Waals surface area contributed by atoms with Gasteiger partial charge in [-0.05, 0) is 24.7 Å². The lowest BCUT2D eigenvalue weighted by molar-refractivity contribution is -0.147. The number of carboxylic acid groups (broad SMARTS) is 1. The lowest BCUT2D eigenvalue weighted by atomic mass is 10.2. The van der Waals surface area contributed by atoms with Crippen LogP contribution in [0.15, 0.2) is 24.3 Å². The third-order valence-corrected chi connectivity index (χ3v) is 2.74. The molecular formula is C13H18N2O4. The van der Waals surface area contributed by atoms with E-state index in [1.165, 1.54) is 11.9 Å². The number of carbonyl (C=O) groups excluding carboxylic acids is 1.